The molecule has 0 saturated carbocycles. The van der Waals surface area contributed by atoms with Gasteiger partial charge in [-0.15, -0.1) is 0 Å². The first-order valence-corrected chi connectivity index (χ1v) is 9.40. The number of benzene rings is 1. The molecular weight excluding hydrogens is 316 g/mol. The zero-order valence-electron chi connectivity index (χ0n) is 16.0. The second-order valence-corrected chi connectivity index (χ2v) is 6.98. The number of hydrogen-bond donors (Lipinski definition) is 0. The number of para-hydroxylation sites is 1. The maximum atomic E-state index is 13.0. The van der Waals surface area contributed by atoms with Crippen molar-refractivity contribution in [2.75, 3.05) is 6.61 Å². The third kappa shape index (κ3) is 6.52. The number of ether oxygens (including phenoxy) is 2. The SMILES string of the molecule is CCCCC(CCCC)(C(=O)OCC(C)C)C(=O)Oc1ccccc1. The Kier molecular flexibility index (Phi) is 9.25. The summed E-state index contributed by atoms with van der Waals surface area (Å²) in [6.07, 6.45) is 4.31. The van der Waals surface area contributed by atoms with Crippen molar-refractivity contribution in [3.8, 4) is 5.75 Å². The summed E-state index contributed by atoms with van der Waals surface area (Å²) < 4.78 is 11.0. The van der Waals surface area contributed by atoms with Crippen LogP contribution in [-0.2, 0) is 14.3 Å². The molecule has 0 unspecified atom stereocenters. The highest BCUT2D eigenvalue weighted by atomic mass is 16.6. The van der Waals surface area contributed by atoms with Crippen LogP contribution >= 0.6 is 0 Å². The fourth-order valence-electron chi connectivity index (χ4n) is 2.65. The molecule has 0 heterocycles. The smallest absolute Gasteiger partial charge is 0.328 e. The van der Waals surface area contributed by atoms with Crippen molar-refractivity contribution >= 4 is 11.9 Å². The molecule has 0 aliphatic heterocycles. The molecule has 0 fully saturated rings. The molecule has 0 radical (unpaired) electrons. The lowest BCUT2D eigenvalue weighted by Gasteiger charge is -2.29. The van der Waals surface area contributed by atoms with E-state index in [-0.39, 0.29) is 5.92 Å². The number of rotatable bonds is 11. The number of esters is 2. The van der Waals surface area contributed by atoms with Crippen LogP contribution in [0.15, 0.2) is 30.3 Å². The molecule has 0 spiro atoms. The number of unbranched alkanes of at least 4 members (excludes halogenated alkanes) is 2. The molecular formula is C21H32O4. The van der Waals surface area contributed by atoms with Gasteiger partial charge in [0.2, 0.25) is 0 Å². The monoisotopic (exact) mass is 348 g/mol. The van der Waals surface area contributed by atoms with Gasteiger partial charge >= 0.3 is 11.9 Å². The highest BCUT2D eigenvalue weighted by molar-refractivity contribution is 6.00. The molecule has 0 N–H and O–H groups in total. The van der Waals surface area contributed by atoms with Gasteiger partial charge in [-0.1, -0.05) is 71.6 Å². The van der Waals surface area contributed by atoms with E-state index >= 15 is 0 Å². The zero-order chi connectivity index (χ0) is 18.7. The molecule has 0 bridgehead atoms. The minimum absolute atomic E-state index is 0.226. The quantitative estimate of drug-likeness (QED) is 0.315. The lowest BCUT2D eigenvalue weighted by molar-refractivity contribution is -0.169. The predicted octanol–water partition coefficient (Wildman–Crippen LogP) is 5.16. The van der Waals surface area contributed by atoms with Gasteiger partial charge < -0.3 is 9.47 Å². The number of carbonyl (C=O) groups excluding carboxylic acids is 2. The third-order valence-electron chi connectivity index (χ3n) is 4.20. The van der Waals surface area contributed by atoms with Crippen LogP contribution in [0.25, 0.3) is 0 Å². The normalized spacial score (nSPS) is 11.4. The zero-order valence-corrected chi connectivity index (χ0v) is 16.0. The molecule has 1 rings (SSSR count). The molecule has 0 amide bonds. The van der Waals surface area contributed by atoms with E-state index in [2.05, 4.69) is 0 Å². The number of hydrogen-bond acceptors (Lipinski definition) is 4. The molecule has 0 saturated heterocycles. The second-order valence-electron chi connectivity index (χ2n) is 6.98. The van der Waals surface area contributed by atoms with Crippen LogP contribution < -0.4 is 4.74 Å². The van der Waals surface area contributed by atoms with Gasteiger partial charge in [-0.05, 0) is 30.9 Å². The first-order chi connectivity index (χ1) is 12.0. The molecule has 25 heavy (non-hydrogen) atoms. The molecule has 4 heteroatoms. The summed E-state index contributed by atoms with van der Waals surface area (Å²) in [5.41, 5.74) is -1.21. The van der Waals surface area contributed by atoms with Crippen molar-refractivity contribution in [2.24, 2.45) is 11.3 Å². The van der Waals surface area contributed by atoms with Crippen LogP contribution in [0.5, 0.6) is 5.75 Å². The van der Waals surface area contributed by atoms with Crippen LogP contribution in [0.3, 0.4) is 0 Å². The van der Waals surface area contributed by atoms with Gasteiger partial charge in [0.1, 0.15) is 5.75 Å². The minimum atomic E-state index is -1.21. The highest BCUT2D eigenvalue weighted by Gasteiger charge is 2.48. The Hall–Kier alpha value is -1.84. The summed E-state index contributed by atoms with van der Waals surface area (Å²) >= 11 is 0. The lowest BCUT2D eigenvalue weighted by atomic mass is 9.78. The van der Waals surface area contributed by atoms with Crippen molar-refractivity contribution in [1.29, 1.82) is 0 Å². The molecule has 0 atom stereocenters. The van der Waals surface area contributed by atoms with E-state index in [0.29, 0.717) is 25.2 Å². The standard InChI is InChI=1S/C21H32O4/c1-5-7-14-21(15-8-6-2,19(22)24-16-17(3)4)20(23)25-18-12-10-9-11-13-18/h9-13,17H,5-8,14-16H2,1-4H3. The van der Waals surface area contributed by atoms with E-state index in [0.717, 1.165) is 25.7 Å². The molecule has 1 aromatic carbocycles. The summed E-state index contributed by atoms with van der Waals surface area (Å²) in [6.45, 7) is 8.38. The van der Waals surface area contributed by atoms with Crippen molar-refractivity contribution in [3.05, 3.63) is 30.3 Å². The number of carbonyl (C=O) groups is 2. The van der Waals surface area contributed by atoms with Gasteiger partial charge in [0.15, 0.2) is 5.41 Å². The van der Waals surface area contributed by atoms with Gasteiger partial charge in [-0.25, -0.2) is 0 Å². The van der Waals surface area contributed by atoms with E-state index in [4.69, 9.17) is 9.47 Å². The van der Waals surface area contributed by atoms with Crippen LogP contribution in [0.1, 0.15) is 66.2 Å². The van der Waals surface area contributed by atoms with Crippen LogP contribution in [-0.4, -0.2) is 18.5 Å². The van der Waals surface area contributed by atoms with Crippen LogP contribution in [0, 0.1) is 11.3 Å². The molecule has 140 valence electrons. The van der Waals surface area contributed by atoms with Gasteiger partial charge in [-0.2, -0.15) is 0 Å². The fraction of sp³-hybridized carbons (Fsp3) is 0.619. The first-order valence-electron chi connectivity index (χ1n) is 9.40. The van der Waals surface area contributed by atoms with E-state index in [1.54, 1.807) is 24.3 Å². The van der Waals surface area contributed by atoms with Crippen LogP contribution in [0.2, 0.25) is 0 Å². The third-order valence-corrected chi connectivity index (χ3v) is 4.20. The highest BCUT2D eigenvalue weighted by Crippen LogP contribution is 2.35. The average molecular weight is 348 g/mol. The molecule has 0 aliphatic rings. The van der Waals surface area contributed by atoms with Gasteiger partial charge in [-0.3, -0.25) is 9.59 Å². The van der Waals surface area contributed by atoms with E-state index in [1.807, 2.05) is 33.8 Å². The fourth-order valence-corrected chi connectivity index (χ4v) is 2.65. The van der Waals surface area contributed by atoms with Crippen molar-refractivity contribution < 1.29 is 19.1 Å². The average Bonchev–Trinajstić information content (AvgIpc) is 2.61. The van der Waals surface area contributed by atoms with E-state index in [1.165, 1.54) is 0 Å². The van der Waals surface area contributed by atoms with Crippen molar-refractivity contribution in [1.82, 2.24) is 0 Å². The van der Waals surface area contributed by atoms with Gasteiger partial charge in [0.05, 0.1) is 6.61 Å². The van der Waals surface area contributed by atoms with Crippen molar-refractivity contribution in [2.45, 2.75) is 66.2 Å². The molecule has 1 aromatic rings. The lowest BCUT2D eigenvalue weighted by Crippen LogP contribution is -2.44. The van der Waals surface area contributed by atoms with Crippen LogP contribution in [0.4, 0.5) is 0 Å². The molecule has 0 aromatic heterocycles. The van der Waals surface area contributed by atoms with E-state index in [9.17, 15) is 9.59 Å². The summed E-state index contributed by atoms with van der Waals surface area (Å²) in [5, 5.41) is 0. The Morgan fingerprint density at radius 2 is 1.52 bits per heavy atom. The molecule has 0 aliphatic carbocycles. The maximum Gasteiger partial charge on any atom is 0.328 e. The minimum Gasteiger partial charge on any atom is -0.465 e. The Labute approximate surface area is 151 Å². The maximum absolute atomic E-state index is 13.0. The summed E-state index contributed by atoms with van der Waals surface area (Å²) in [6, 6.07) is 8.91. The predicted molar refractivity (Wildman–Crippen MR) is 99.4 cm³/mol. The van der Waals surface area contributed by atoms with Gasteiger partial charge in [0, 0.05) is 0 Å². The summed E-state index contributed by atoms with van der Waals surface area (Å²) in [4.78, 5) is 25.9. The Morgan fingerprint density at radius 1 is 0.960 bits per heavy atom. The molecule has 4 nitrogen and oxygen atoms in total. The summed E-state index contributed by atoms with van der Waals surface area (Å²) in [7, 11) is 0. The first kappa shape index (κ1) is 21.2. The van der Waals surface area contributed by atoms with Gasteiger partial charge in [0.25, 0.3) is 0 Å². The topological polar surface area (TPSA) is 52.6 Å². The summed E-state index contributed by atoms with van der Waals surface area (Å²) in [5.74, 6) is -0.246. The Bertz CT molecular complexity index is 514. The second kappa shape index (κ2) is 10.9. The van der Waals surface area contributed by atoms with E-state index < -0.39 is 17.4 Å². The van der Waals surface area contributed by atoms with Crippen molar-refractivity contribution in [3.63, 3.8) is 0 Å². The Morgan fingerprint density at radius 3 is 2.00 bits per heavy atom. The largest absolute Gasteiger partial charge is 0.465 e. The Balaban J connectivity index is 3.06.